The van der Waals surface area contributed by atoms with Crippen LogP contribution in [0, 0.1) is 0 Å². The normalized spacial score (nSPS) is 12.3. The van der Waals surface area contributed by atoms with Crippen molar-refractivity contribution in [1.82, 2.24) is 10.2 Å². The fourth-order valence-electron chi connectivity index (χ4n) is 3.07. The number of benzene rings is 2. The fraction of sp³-hybridized carbons (Fsp3) is 0.364. The first-order valence-corrected chi connectivity index (χ1v) is 13.4. The summed E-state index contributed by atoms with van der Waals surface area (Å²) in [6.45, 7) is 5.02. The summed E-state index contributed by atoms with van der Waals surface area (Å²) < 4.78 is 27.5. The van der Waals surface area contributed by atoms with Crippen LogP contribution in [0.15, 0.2) is 57.5 Å². The first-order valence-electron chi connectivity index (χ1n) is 9.96. The number of nitrogens with zero attached hydrogens (tertiary/aromatic N) is 2. The Hall–Kier alpha value is -1.91. The average molecular weight is 589 g/mol. The van der Waals surface area contributed by atoms with Gasteiger partial charge in [-0.25, -0.2) is 8.42 Å². The van der Waals surface area contributed by atoms with Crippen molar-refractivity contribution in [2.24, 2.45) is 0 Å². The van der Waals surface area contributed by atoms with Crippen LogP contribution in [-0.4, -0.2) is 50.0 Å². The van der Waals surface area contributed by atoms with Crippen LogP contribution in [-0.2, 0) is 26.2 Å². The van der Waals surface area contributed by atoms with Crippen molar-refractivity contribution in [3.05, 3.63) is 63.0 Å². The van der Waals surface area contributed by atoms with Crippen LogP contribution in [0.3, 0.4) is 0 Å². The topological polar surface area (TPSA) is 86.8 Å². The monoisotopic (exact) mass is 587 g/mol. The summed E-state index contributed by atoms with van der Waals surface area (Å²) in [4.78, 5) is 27.5. The number of halogens is 2. The predicted octanol–water partition coefficient (Wildman–Crippen LogP) is 3.92. The Morgan fingerprint density at radius 1 is 1.03 bits per heavy atom. The van der Waals surface area contributed by atoms with Crippen LogP contribution in [0.5, 0.6) is 0 Å². The Kier molecular flexibility index (Phi) is 9.29. The zero-order valence-corrected chi connectivity index (χ0v) is 22.4. The van der Waals surface area contributed by atoms with E-state index in [0.29, 0.717) is 10.2 Å². The Morgan fingerprint density at radius 3 is 2.25 bits per heavy atom. The third-order valence-corrected chi connectivity index (χ3v) is 6.93. The molecule has 32 heavy (non-hydrogen) atoms. The summed E-state index contributed by atoms with van der Waals surface area (Å²) >= 11 is 6.77. The van der Waals surface area contributed by atoms with E-state index in [0.717, 1.165) is 20.6 Å². The molecule has 2 rings (SSSR count). The van der Waals surface area contributed by atoms with Crippen molar-refractivity contribution >= 4 is 59.4 Å². The largest absolute Gasteiger partial charge is 0.352 e. The van der Waals surface area contributed by atoms with E-state index >= 15 is 0 Å². The quantitative estimate of drug-likeness (QED) is 0.481. The van der Waals surface area contributed by atoms with Crippen LogP contribution in [0.2, 0.25) is 0 Å². The maximum atomic E-state index is 13.4. The highest BCUT2D eigenvalue weighted by Crippen LogP contribution is 2.28. The highest BCUT2D eigenvalue weighted by molar-refractivity contribution is 9.10. The Morgan fingerprint density at radius 2 is 1.69 bits per heavy atom. The molecule has 2 aromatic rings. The van der Waals surface area contributed by atoms with E-state index in [-0.39, 0.29) is 18.5 Å². The van der Waals surface area contributed by atoms with Gasteiger partial charge in [-0.3, -0.25) is 13.9 Å². The number of anilines is 1. The van der Waals surface area contributed by atoms with E-state index in [4.69, 9.17) is 0 Å². The maximum Gasteiger partial charge on any atom is 0.244 e. The maximum absolute atomic E-state index is 13.4. The molecule has 1 atom stereocenters. The van der Waals surface area contributed by atoms with Gasteiger partial charge in [0.05, 0.1) is 11.9 Å². The number of hydrogen-bond acceptors (Lipinski definition) is 4. The second-order valence-corrected chi connectivity index (χ2v) is 11.4. The second-order valence-electron chi connectivity index (χ2n) is 7.71. The molecule has 2 aromatic carbocycles. The predicted molar refractivity (Wildman–Crippen MR) is 134 cm³/mol. The third kappa shape index (κ3) is 7.31. The molecule has 0 saturated heterocycles. The van der Waals surface area contributed by atoms with Crippen molar-refractivity contribution in [3.63, 3.8) is 0 Å². The number of carbonyl (C=O) groups is 2. The number of amides is 2. The van der Waals surface area contributed by atoms with E-state index in [1.165, 1.54) is 4.90 Å². The van der Waals surface area contributed by atoms with Crippen LogP contribution in [0.25, 0.3) is 0 Å². The Balaban J connectivity index is 2.40. The van der Waals surface area contributed by atoms with E-state index in [1.807, 2.05) is 38.1 Å². The minimum absolute atomic E-state index is 0.0967. The summed E-state index contributed by atoms with van der Waals surface area (Å²) in [5.74, 6) is -0.798. The Labute approximate surface area is 206 Å². The summed E-state index contributed by atoms with van der Waals surface area (Å²) in [6.07, 6.45) is 1.05. The van der Waals surface area contributed by atoms with Crippen molar-refractivity contribution in [3.8, 4) is 0 Å². The molecule has 0 unspecified atom stereocenters. The highest BCUT2D eigenvalue weighted by Gasteiger charge is 2.30. The molecule has 0 aliphatic rings. The molecule has 0 fully saturated rings. The van der Waals surface area contributed by atoms with Crippen molar-refractivity contribution in [2.75, 3.05) is 17.1 Å². The van der Waals surface area contributed by atoms with Gasteiger partial charge in [-0.1, -0.05) is 40.2 Å². The van der Waals surface area contributed by atoms with Gasteiger partial charge in [-0.2, -0.15) is 0 Å². The van der Waals surface area contributed by atoms with E-state index < -0.39 is 28.5 Å². The van der Waals surface area contributed by atoms with Crippen LogP contribution < -0.4 is 9.62 Å². The highest BCUT2D eigenvalue weighted by atomic mass is 79.9. The summed E-state index contributed by atoms with van der Waals surface area (Å²) in [5.41, 5.74) is 1.16. The van der Waals surface area contributed by atoms with E-state index in [2.05, 4.69) is 37.2 Å². The van der Waals surface area contributed by atoms with Gasteiger partial charge in [0.25, 0.3) is 0 Å². The molecular formula is C22H27Br2N3O4S. The number of nitrogens with one attached hydrogen (secondary N) is 1. The summed E-state index contributed by atoms with van der Waals surface area (Å²) in [5, 5.41) is 2.82. The minimum atomic E-state index is -3.77. The van der Waals surface area contributed by atoms with Gasteiger partial charge in [0, 0.05) is 21.5 Å². The lowest BCUT2D eigenvalue weighted by molar-refractivity contribution is -0.139. The average Bonchev–Trinajstić information content (AvgIpc) is 2.69. The molecule has 0 aliphatic carbocycles. The molecule has 0 saturated carbocycles. The molecule has 0 heterocycles. The molecule has 7 nitrogen and oxygen atoms in total. The van der Waals surface area contributed by atoms with Gasteiger partial charge >= 0.3 is 0 Å². The fourth-order valence-corrected chi connectivity index (χ4v) is 4.99. The van der Waals surface area contributed by atoms with Crippen molar-refractivity contribution in [2.45, 2.75) is 39.4 Å². The molecule has 174 valence electrons. The Bertz CT molecular complexity index is 1080. The number of para-hydroxylation sites is 1. The van der Waals surface area contributed by atoms with E-state index in [9.17, 15) is 18.0 Å². The molecule has 0 aromatic heterocycles. The van der Waals surface area contributed by atoms with Crippen LogP contribution in [0.1, 0.15) is 26.3 Å². The first kappa shape index (κ1) is 26.3. The van der Waals surface area contributed by atoms with Gasteiger partial charge in [0.1, 0.15) is 12.6 Å². The smallest absolute Gasteiger partial charge is 0.244 e. The summed E-state index contributed by atoms with van der Waals surface area (Å²) in [6, 6.07) is 13.3. The van der Waals surface area contributed by atoms with E-state index in [1.54, 1.807) is 31.2 Å². The van der Waals surface area contributed by atoms with Gasteiger partial charge in [-0.15, -0.1) is 0 Å². The molecule has 0 aliphatic heterocycles. The molecular weight excluding hydrogens is 562 g/mol. The van der Waals surface area contributed by atoms with Gasteiger partial charge in [0.15, 0.2) is 0 Å². The van der Waals surface area contributed by atoms with Gasteiger partial charge < -0.3 is 10.2 Å². The zero-order chi connectivity index (χ0) is 24.1. The molecule has 0 radical (unpaired) electrons. The molecule has 2 amide bonds. The second kappa shape index (κ2) is 11.3. The van der Waals surface area contributed by atoms with Crippen molar-refractivity contribution < 1.29 is 18.0 Å². The van der Waals surface area contributed by atoms with Gasteiger partial charge in [-0.05, 0) is 66.5 Å². The SMILES string of the molecule is CC(C)NC(=O)[C@@H](C)N(Cc1cccc(Br)c1)C(=O)CN(c1ccccc1Br)S(C)(=O)=O. The molecule has 0 bridgehead atoms. The van der Waals surface area contributed by atoms with Crippen molar-refractivity contribution in [1.29, 1.82) is 0 Å². The molecule has 0 spiro atoms. The molecule has 10 heteroatoms. The summed E-state index contributed by atoms with van der Waals surface area (Å²) in [7, 11) is -3.77. The number of carbonyl (C=O) groups excluding carboxylic acids is 2. The van der Waals surface area contributed by atoms with Crippen LogP contribution in [0.4, 0.5) is 5.69 Å². The molecule has 1 N–H and O–H groups in total. The van der Waals surface area contributed by atoms with Gasteiger partial charge in [0.2, 0.25) is 21.8 Å². The lowest BCUT2D eigenvalue weighted by atomic mass is 10.1. The number of sulfonamides is 1. The minimum Gasteiger partial charge on any atom is -0.352 e. The number of rotatable bonds is 9. The van der Waals surface area contributed by atoms with Crippen LogP contribution >= 0.6 is 31.9 Å². The standard InChI is InChI=1S/C22H27Br2N3O4S/c1-15(2)25-22(29)16(3)26(13-17-8-7-9-18(23)12-17)21(28)14-27(32(4,30)31)20-11-6-5-10-19(20)24/h5-12,15-16H,13-14H2,1-4H3,(H,25,29)/t16-/m1/s1. The lowest BCUT2D eigenvalue weighted by Gasteiger charge is -2.32. The zero-order valence-electron chi connectivity index (χ0n) is 18.4. The third-order valence-electron chi connectivity index (χ3n) is 4.64. The number of hydrogen-bond donors (Lipinski definition) is 1. The first-order chi connectivity index (χ1) is 14.9. The lowest BCUT2D eigenvalue weighted by Crippen LogP contribution is -2.52.